The second kappa shape index (κ2) is 14.8. The summed E-state index contributed by atoms with van der Waals surface area (Å²) in [4.78, 5) is 71.4. The molecule has 6 unspecified atom stereocenters. The quantitative estimate of drug-likeness (QED) is 0.159. The first-order valence-corrected chi connectivity index (χ1v) is 20.0. The smallest absolute Gasteiger partial charge is 0.412 e. The van der Waals surface area contributed by atoms with Crippen molar-refractivity contribution in [3.63, 3.8) is 0 Å². The van der Waals surface area contributed by atoms with Gasteiger partial charge >= 0.3 is 6.09 Å². The third kappa shape index (κ3) is 7.95. The highest BCUT2D eigenvalue weighted by Crippen LogP contribution is 2.51. The Morgan fingerprint density at radius 2 is 1.27 bits per heavy atom. The molecule has 59 heavy (non-hydrogen) atoms. The number of anilines is 2. The highest BCUT2D eigenvalue weighted by atomic mass is 32.1. The van der Waals surface area contributed by atoms with Crippen molar-refractivity contribution in [2.24, 2.45) is 23.3 Å². The van der Waals surface area contributed by atoms with Crippen LogP contribution >= 0.6 is 22.7 Å². The van der Waals surface area contributed by atoms with Gasteiger partial charge in [0.1, 0.15) is 25.6 Å². The second-order valence-electron chi connectivity index (χ2n) is 15.6. The number of aliphatic hydroxyl groups is 2. The SMILES string of the molecule is CN1C(=O)C(O)(C#Cc2cccc(-c3nc(C(N)=O)c(N)s3)c2)C2CC21.CN1C(=O)C(O)(C#Cc2cccc(-c3nc(C(N)=O)c(NC(=O)OC(C)(C)C)s3)c2)C2CC21. The topological polar surface area (TPSA) is 257 Å². The van der Waals surface area contributed by atoms with Crippen molar-refractivity contribution in [2.75, 3.05) is 25.1 Å². The first-order chi connectivity index (χ1) is 27.7. The molecular weight excluding hydrogens is 797 g/mol. The normalized spacial score (nSPS) is 24.7. The molecule has 4 heterocycles. The Morgan fingerprint density at radius 1 is 0.814 bits per heavy atom. The summed E-state index contributed by atoms with van der Waals surface area (Å²) in [6, 6.07) is 14.3. The van der Waals surface area contributed by atoms with Gasteiger partial charge in [-0.25, -0.2) is 14.8 Å². The molecule has 0 spiro atoms. The van der Waals surface area contributed by atoms with E-state index in [1.807, 2.05) is 6.07 Å². The summed E-state index contributed by atoms with van der Waals surface area (Å²) in [6.45, 7) is 5.18. The lowest BCUT2D eigenvalue weighted by Gasteiger charge is -2.19. The summed E-state index contributed by atoms with van der Waals surface area (Å²) in [5, 5.41) is 25.4. The number of thiazole rings is 2. The fourth-order valence-electron chi connectivity index (χ4n) is 7.08. The molecule has 2 aliphatic carbocycles. The third-order valence-corrected chi connectivity index (χ3v) is 12.2. The van der Waals surface area contributed by atoms with E-state index in [1.54, 1.807) is 87.1 Å². The Hall–Kier alpha value is -6.31. The zero-order valence-electron chi connectivity index (χ0n) is 32.5. The molecule has 4 aliphatic rings. The molecule has 8 rings (SSSR count). The highest BCUT2D eigenvalue weighted by molar-refractivity contribution is 7.19. The van der Waals surface area contributed by atoms with E-state index >= 15 is 0 Å². The van der Waals surface area contributed by atoms with Gasteiger partial charge in [0.2, 0.25) is 11.2 Å². The van der Waals surface area contributed by atoms with Gasteiger partial charge in [-0.05, 0) is 57.9 Å². The van der Waals surface area contributed by atoms with Gasteiger partial charge in [-0.1, -0.05) is 70.6 Å². The number of primary amides is 2. The third-order valence-electron chi connectivity index (χ3n) is 10.3. The largest absolute Gasteiger partial charge is 0.444 e. The summed E-state index contributed by atoms with van der Waals surface area (Å²) in [7, 11) is 3.37. The molecule has 2 saturated heterocycles. The number of aromatic nitrogens is 2. The molecule has 5 amide bonds. The van der Waals surface area contributed by atoms with Crippen molar-refractivity contribution in [1.29, 1.82) is 0 Å². The molecule has 4 fully saturated rings. The van der Waals surface area contributed by atoms with E-state index in [0.717, 1.165) is 41.1 Å². The Labute approximate surface area is 346 Å². The first-order valence-electron chi connectivity index (χ1n) is 18.3. The summed E-state index contributed by atoms with van der Waals surface area (Å²) in [6.07, 6.45) is 0.801. The molecule has 2 saturated carbocycles. The number of benzene rings is 2. The van der Waals surface area contributed by atoms with Crippen LogP contribution in [0.4, 0.5) is 14.8 Å². The number of nitrogen functional groups attached to an aromatic ring is 1. The maximum Gasteiger partial charge on any atom is 0.412 e. The van der Waals surface area contributed by atoms with Gasteiger partial charge in [-0.15, -0.1) is 0 Å². The molecular formula is C41H40N8O8S2. The lowest BCUT2D eigenvalue weighted by atomic mass is 9.99. The maximum atomic E-state index is 12.3. The number of carbonyl (C=O) groups excluding carboxylic acids is 5. The van der Waals surface area contributed by atoms with Gasteiger partial charge in [-0.2, -0.15) is 0 Å². The van der Waals surface area contributed by atoms with Gasteiger partial charge < -0.3 is 42.0 Å². The van der Waals surface area contributed by atoms with Gasteiger partial charge in [0.15, 0.2) is 11.4 Å². The summed E-state index contributed by atoms with van der Waals surface area (Å²) >= 11 is 2.23. The second-order valence-corrected chi connectivity index (χ2v) is 17.7. The van der Waals surface area contributed by atoms with Crippen LogP contribution in [-0.4, -0.2) is 103 Å². The fraction of sp³-hybridized carbons (Fsp3) is 0.341. The van der Waals surface area contributed by atoms with Crippen molar-refractivity contribution >= 4 is 62.4 Å². The minimum atomic E-state index is -1.67. The van der Waals surface area contributed by atoms with Crippen LogP contribution in [0.2, 0.25) is 0 Å². The van der Waals surface area contributed by atoms with E-state index in [9.17, 15) is 34.2 Å². The van der Waals surface area contributed by atoms with Crippen molar-refractivity contribution in [1.82, 2.24) is 19.8 Å². The average molecular weight is 837 g/mol. The maximum absolute atomic E-state index is 12.3. The number of likely N-dealkylation sites (tertiary alicyclic amines) is 2. The zero-order valence-corrected chi connectivity index (χ0v) is 34.2. The number of nitrogens with zero attached hydrogens (tertiary/aromatic N) is 4. The van der Waals surface area contributed by atoms with Crippen LogP contribution in [0.3, 0.4) is 0 Å². The van der Waals surface area contributed by atoms with E-state index in [4.69, 9.17) is 21.9 Å². The number of likely N-dealkylation sites (N-methyl/N-ethyl adjacent to an activating group) is 2. The number of rotatable bonds is 5. The summed E-state index contributed by atoms with van der Waals surface area (Å²) < 4.78 is 5.23. The molecule has 2 aliphatic heterocycles. The van der Waals surface area contributed by atoms with E-state index in [-0.39, 0.29) is 57.1 Å². The molecule has 16 nitrogen and oxygen atoms in total. The molecule has 304 valence electrons. The first kappa shape index (κ1) is 40.9. The van der Waals surface area contributed by atoms with Crippen LogP contribution in [-0.2, 0) is 14.3 Å². The number of amides is 5. The number of nitrogens with two attached hydrogens (primary N) is 3. The van der Waals surface area contributed by atoms with Gasteiger partial charge in [0.05, 0.1) is 0 Å². The van der Waals surface area contributed by atoms with Crippen molar-refractivity contribution < 1.29 is 38.9 Å². The minimum Gasteiger partial charge on any atom is -0.444 e. The molecule has 2 aromatic heterocycles. The molecule has 0 radical (unpaired) electrons. The van der Waals surface area contributed by atoms with Crippen LogP contribution in [0.1, 0.15) is 65.7 Å². The average Bonchev–Trinajstić information content (AvgIpc) is 4.06. The van der Waals surface area contributed by atoms with Crippen molar-refractivity contribution in [3.8, 4) is 44.8 Å². The number of hydrogen-bond acceptors (Lipinski definition) is 13. The predicted octanol–water partition coefficient (Wildman–Crippen LogP) is 2.63. The fourth-order valence-corrected chi connectivity index (χ4v) is 8.87. The number of fused-ring (bicyclic) bond motifs is 2. The monoisotopic (exact) mass is 836 g/mol. The van der Waals surface area contributed by atoms with E-state index in [1.165, 1.54) is 0 Å². The van der Waals surface area contributed by atoms with Crippen LogP contribution in [0.5, 0.6) is 0 Å². The summed E-state index contributed by atoms with van der Waals surface area (Å²) in [5.41, 5.74) is 15.0. The number of carbonyl (C=O) groups is 5. The molecule has 0 bridgehead atoms. The molecule has 2 aromatic carbocycles. The van der Waals surface area contributed by atoms with Crippen LogP contribution < -0.4 is 22.5 Å². The molecule has 18 heteroatoms. The van der Waals surface area contributed by atoms with Gasteiger partial charge in [0, 0.05) is 60.3 Å². The number of nitrogens with one attached hydrogen (secondary N) is 1. The van der Waals surface area contributed by atoms with E-state index < -0.39 is 34.7 Å². The zero-order chi connectivity index (χ0) is 42.8. The molecule has 6 atom stereocenters. The highest BCUT2D eigenvalue weighted by Gasteiger charge is 2.66. The molecule has 9 N–H and O–H groups in total. The van der Waals surface area contributed by atoms with Crippen LogP contribution in [0.25, 0.3) is 21.1 Å². The number of hydrogen-bond donors (Lipinski definition) is 6. The number of ether oxygens (including phenoxy) is 1. The van der Waals surface area contributed by atoms with Crippen molar-refractivity contribution in [3.05, 3.63) is 71.0 Å². The van der Waals surface area contributed by atoms with Crippen LogP contribution in [0.15, 0.2) is 48.5 Å². The lowest BCUT2D eigenvalue weighted by Crippen LogP contribution is -2.41. The Kier molecular flexibility index (Phi) is 10.3. The number of piperidine rings is 2. The minimum absolute atomic E-state index is 0.0511. The lowest BCUT2D eigenvalue weighted by molar-refractivity contribution is -0.141. The van der Waals surface area contributed by atoms with Gasteiger partial charge in [-0.3, -0.25) is 24.5 Å². The van der Waals surface area contributed by atoms with Crippen LogP contribution in [0, 0.1) is 35.5 Å². The Morgan fingerprint density at radius 3 is 1.68 bits per heavy atom. The Bertz CT molecular complexity index is 2580. The summed E-state index contributed by atoms with van der Waals surface area (Å²) in [5.74, 6) is 8.84. The van der Waals surface area contributed by atoms with Gasteiger partial charge in [0.25, 0.3) is 23.6 Å². The molecule has 4 aromatic rings. The van der Waals surface area contributed by atoms with E-state index in [2.05, 4.69) is 39.0 Å². The van der Waals surface area contributed by atoms with E-state index in [0.29, 0.717) is 26.7 Å². The predicted molar refractivity (Wildman–Crippen MR) is 219 cm³/mol. The van der Waals surface area contributed by atoms with Crippen molar-refractivity contribution in [2.45, 2.75) is 62.5 Å². The Balaban J connectivity index is 0.000000184. The standard InChI is InChI=1S/C23H24N4O5S.C18H16N4O3S/c1-22(2,3)32-21(30)26-19-16(17(24)28)25-18(33-19)13-7-5-6-12(10-13)8-9-23(31)14-11-15(14)27(4)20(23)29;1-22-12-8-11(12)18(25,17(22)24)6-5-9-3-2-4-10(7-9)16-21-13(14(19)23)15(20)26-16/h5-7,10,14-15,31H,11H2,1-4H3,(H2,24,28)(H,26,30);2-4,7,11-12,25H,8,20H2,1H3,(H2,19,23).